The zero-order valence-electron chi connectivity index (χ0n) is 13.2. The monoisotopic (exact) mass is 366 g/mol. The van der Waals surface area contributed by atoms with E-state index < -0.39 is 5.92 Å². The first-order chi connectivity index (χ1) is 10.6. The number of carbonyl (C=O) groups excluding carboxylic acids is 2. The van der Waals surface area contributed by atoms with E-state index in [1.165, 1.54) is 0 Å². The Hall–Kier alpha value is -1.36. The molecule has 0 saturated heterocycles. The van der Waals surface area contributed by atoms with Crippen LogP contribution in [0, 0.1) is 5.92 Å². The highest BCUT2D eigenvalue weighted by Crippen LogP contribution is 2.34. The Morgan fingerprint density at radius 2 is 1.41 bits per heavy atom. The Kier molecular flexibility index (Phi) is 6.00. The number of anilines is 2. The van der Waals surface area contributed by atoms with Gasteiger partial charge < -0.3 is 9.80 Å². The lowest BCUT2D eigenvalue weighted by Crippen LogP contribution is -2.39. The summed E-state index contributed by atoms with van der Waals surface area (Å²) in [5.74, 6) is -0.754. The second-order valence-corrected chi connectivity index (χ2v) is 6.52. The SMILES string of the molecule is CN1C(=O)C(CCCCCCBr)C(=O)N(C)c2ccccc21. The van der Waals surface area contributed by atoms with E-state index >= 15 is 0 Å². The second kappa shape index (κ2) is 7.77. The van der Waals surface area contributed by atoms with Crippen LogP contribution in [-0.2, 0) is 9.59 Å². The maximum absolute atomic E-state index is 12.7. The lowest BCUT2D eigenvalue weighted by atomic mass is 9.98. The molecule has 22 heavy (non-hydrogen) atoms. The van der Waals surface area contributed by atoms with Crippen LogP contribution < -0.4 is 9.80 Å². The third-order valence-electron chi connectivity index (χ3n) is 4.24. The molecule has 0 N–H and O–H groups in total. The average molecular weight is 367 g/mol. The Labute approximate surface area is 140 Å². The number of hydrogen-bond acceptors (Lipinski definition) is 2. The second-order valence-electron chi connectivity index (χ2n) is 5.73. The molecule has 0 fully saturated rings. The third-order valence-corrected chi connectivity index (χ3v) is 4.80. The zero-order chi connectivity index (χ0) is 16.1. The van der Waals surface area contributed by atoms with Crippen LogP contribution in [0.2, 0.25) is 0 Å². The van der Waals surface area contributed by atoms with E-state index in [1.54, 1.807) is 23.9 Å². The number of rotatable bonds is 6. The molecule has 0 aliphatic carbocycles. The van der Waals surface area contributed by atoms with Crippen molar-refractivity contribution in [2.24, 2.45) is 5.92 Å². The molecule has 5 heteroatoms. The van der Waals surface area contributed by atoms with Crippen LogP contribution in [-0.4, -0.2) is 31.2 Å². The first-order valence-corrected chi connectivity index (χ1v) is 8.90. The summed E-state index contributed by atoms with van der Waals surface area (Å²) in [5.41, 5.74) is 1.59. The number of para-hydroxylation sites is 2. The van der Waals surface area contributed by atoms with Gasteiger partial charge in [0, 0.05) is 19.4 Å². The van der Waals surface area contributed by atoms with Gasteiger partial charge in [-0.3, -0.25) is 9.59 Å². The molecule has 1 aliphatic heterocycles. The normalized spacial score (nSPS) is 16.0. The molecule has 1 aromatic carbocycles. The van der Waals surface area contributed by atoms with Crippen LogP contribution in [0.5, 0.6) is 0 Å². The smallest absolute Gasteiger partial charge is 0.239 e. The van der Waals surface area contributed by atoms with Crippen molar-refractivity contribution in [2.45, 2.75) is 32.1 Å². The number of amides is 2. The minimum atomic E-state index is -0.564. The Morgan fingerprint density at radius 1 is 0.909 bits per heavy atom. The van der Waals surface area contributed by atoms with E-state index in [0.717, 1.165) is 42.4 Å². The summed E-state index contributed by atoms with van der Waals surface area (Å²) in [4.78, 5) is 28.6. The Bertz CT molecular complexity index is 506. The van der Waals surface area contributed by atoms with Gasteiger partial charge in [0.2, 0.25) is 11.8 Å². The molecule has 1 aliphatic rings. The summed E-state index contributed by atoms with van der Waals surface area (Å²) in [6.45, 7) is 0. The summed E-state index contributed by atoms with van der Waals surface area (Å²) in [7, 11) is 3.51. The van der Waals surface area contributed by atoms with Gasteiger partial charge in [-0.25, -0.2) is 0 Å². The number of unbranched alkanes of at least 4 members (excludes halogenated alkanes) is 3. The molecule has 120 valence electrons. The van der Waals surface area contributed by atoms with Gasteiger partial charge in [0.1, 0.15) is 5.92 Å². The van der Waals surface area contributed by atoms with E-state index in [0.29, 0.717) is 6.42 Å². The van der Waals surface area contributed by atoms with E-state index in [1.807, 2.05) is 24.3 Å². The summed E-state index contributed by atoms with van der Waals surface area (Å²) in [5, 5.41) is 1.01. The molecule has 0 saturated carbocycles. The van der Waals surface area contributed by atoms with Crippen molar-refractivity contribution >= 4 is 39.1 Å². The number of fused-ring (bicyclic) bond motifs is 1. The van der Waals surface area contributed by atoms with E-state index in [2.05, 4.69) is 15.9 Å². The fourth-order valence-corrected chi connectivity index (χ4v) is 3.28. The van der Waals surface area contributed by atoms with Crippen molar-refractivity contribution < 1.29 is 9.59 Å². The predicted octanol–water partition coefficient (Wildman–Crippen LogP) is 3.59. The number of alkyl halides is 1. The van der Waals surface area contributed by atoms with Gasteiger partial charge in [0.15, 0.2) is 0 Å². The lowest BCUT2D eigenvalue weighted by molar-refractivity contribution is -0.132. The Balaban J connectivity index is 2.13. The molecule has 0 unspecified atom stereocenters. The largest absolute Gasteiger partial charge is 0.313 e. The maximum atomic E-state index is 12.7. The summed E-state index contributed by atoms with van der Waals surface area (Å²) in [6, 6.07) is 7.55. The summed E-state index contributed by atoms with van der Waals surface area (Å²) < 4.78 is 0. The minimum absolute atomic E-state index is 0.0951. The minimum Gasteiger partial charge on any atom is -0.313 e. The third kappa shape index (κ3) is 3.51. The fraction of sp³-hybridized carbons (Fsp3) is 0.529. The molecule has 4 nitrogen and oxygen atoms in total. The van der Waals surface area contributed by atoms with Gasteiger partial charge in [-0.05, 0) is 25.0 Å². The highest BCUT2D eigenvalue weighted by Gasteiger charge is 2.36. The fourth-order valence-electron chi connectivity index (χ4n) is 2.89. The van der Waals surface area contributed by atoms with Gasteiger partial charge >= 0.3 is 0 Å². The van der Waals surface area contributed by atoms with Crippen LogP contribution in [0.3, 0.4) is 0 Å². The lowest BCUT2D eigenvalue weighted by Gasteiger charge is -2.19. The van der Waals surface area contributed by atoms with Gasteiger partial charge in [0.25, 0.3) is 0 Å². The number of halogens is 1. The van der Waals surface area contributed by atoms with Gasteiger partial charge in [-0.15, -0.1) is 0 Å². The first kappa shape index (κ1) is 17.0. The van der Waals surface area contributed by atoms with E-state index in [4.69, 9.17) is 0 Å². The molecule has 1 heterocycles. The summed E-state index contributed by atoms with van der Waals surface area (Å²) in [6.07, 6.45) is 4.86. The molecule has 2 amide bonds. The molecular formula is C17H23BrN2O2. The van der Waals surface area contributed by atoms with Crippen molar-refractivity contribution in [1.82, 2.24) is 0 Å². The summed E-state index contributed by atoms with van der Waals surface area (Å²) >= 11 is 3.42. The predicted molar refractivity (Wildman–Crippen MR) is 93.6 cm³/mol. The number of benzene rings is 1. The number of nitrogens with zero attached hydrogens (tertiary/aromatic N) is 2. The van der Waals surface area contributed by atoms with Crippen LogP contribution >= 0.6 is 15.9 Å². The molecule has 0 radical (unpaired) electrons. The molecule has 0 bridgehead atoms. The van der Waals surface area contributed by atoms with Crippen LogP contribution in [0.4, 0.5) is 11.4 Å². The first-order valence-electron chi connectivity index (χ1n) is 7.78. The molecule has 2 rings (SSSR count). The van der Waals surface area contributed by atoms with E-state index in [9.17, 15) is 9.59 Å². The highest BCUT2D eigenvalue weighted by molar-refractivity contribution is 9.09. The van der Waals surface area contributed by atoms with Crippen LogP contribution in [0.25, 0.3) is 0 Å². The Morgan fingerprint density at radius 3 is 1.91 bits per heavy atom. The van der Waals surface area contributed by atoms with Crippen molar-refractivity contribution in [3.63, 3.8) is 0 Å². The molecule has 0 atom stereocenters. The van der Waals surface area contributed by atoms with Crippen LogP contribution in [0.15, 0.2) is 24.3 Å². The zero-order valence-corrected chi connectivity index (χ0v) is 14.8. The van der Waals surface area contributed by atoms with Crippen molar-refractivity contribution in [1.29, 1.82) is 0 Å². The van der Waals surface area contributed by atoms with Crippen LogP contribution in [0.1, 0.15) is 32.1 Å². The van der Waals surface area contributed by atoms with Gasteiger partial charge in [-0.2, -0.15) is 0 Å². The van der Waals surface area contributed by atoms with Gasteiger partial charge in [-0.1, -0.05) is 47.3 Å². The van der Waals surface area contributed by atoms with Crippen molar-refractivity contribution in [3.05, 3.63) is 24.3 Å². The van der Waals surface area contributed by atoms with Gasteiger partial charge in [0.05, 0.1) is 11.4 Å². The van der Waals surface area contributed by atoms with E-state index in [-0.39, 0.29) is 11.8 Å². The molecular weight excluding hydrogens is 344 g/mol. The molecule has 0 spiro atoms. The standard InChI is InChI=1S/C17H23BrN2O2/c1-19-14-10-6-7-11-15(14)20(2)17(22)13(16(19)21)9-5-3-4-8-12-18/h6-7,10-11,13H,3-5,8-9,12H2,1-2H3. The maximum Gasteiger partial charge on any atom is 0.239 e. The molecule has 1 aromatic rings. The van der Waals surface area contributed by atoms with Crippen molar-refractivity contribution in [3.8, 4) is 0 Å². The topological polar surface area (TPSA) is 40.6 Å². The highest BCUT2D eigenvalue weighted by atomic mass is 79.9. The number of hydrogen-bond donors (Lipinski definition) is 0. The average Bonchev–Trinajstić information content (AvgIpc) is 2.60. The molecule has 0 aromatic heterocycles. The quantitative estimate of drug-likeness (QED) is 0.438. The number of carbonyl (C=O) groups is 2. The van der Waals surface area contributed by atoms with Crippen molar-refractivity contribution in [2.75, 3.05) is 29.2 Å².